The molecule has 2 atom stereocenters. The number of benzene rings is 2. The number of hydrogen-bond donors (Lipinski definition) is 2. The van der Waals surface area contributed by atoms with E-state index in [4.69, 9.17) is 0 Å². The first-order chi connectivity index (χ1) is 14.3. The first kappa shape index (κ1) is 20.9. The Kier molecular flexibility index (Phi) is 5.88. The van der Waals surface area contributed by atoms with E-state index in [-0.39, 0.29) is 40.2 Å². The maximum absolute atomic E-state index is 12.8. The molecule has 30 heavy (non-hydrogen) atoms. The third kappa shape index (κ3) is 4.39. The van der Waals surface area contributed by atoms with Gasteiger partial charge in [-0.15, -0.1) is 11.8 Å². The summed E-state index contributed by atoms with van der Waals surface area (Å²) in [6.07, 6.45) is 2.76. The predicted octanol–water partition coefficient (Wildman–Crippen LogP) is 3.48. The molecule has 2 aliphatic rings. The summed E-state index contributed by atoms with van der Waals surface area (Å²) in [6, 6.07) is 12.7. The largest absolute Gasteiger partial charge is 0.349 e. The standard InChI is InChI=1S/C22H24N2O4S2/c1-14-22(26)24-19-13-16(9-10-20(19)29-14)30(27,28)12-11-21(25)23-18-8-4-6-15-5-2-3-7-17(15)18/h2-3,5,7,9-10,13-14,18H,4,6,8,11-12H2,1H3,(H,23,25)(H,24,26)/t14-,18+/m0/s1. The molecular weight excluding hydrogens is 420 g/mol. The molecule has 0 spiro atoms. The molecule has 158 valence electrons. The molecule has 0 unspecified atom stereocenters. The monoisotopic (exact) mass is 444 g/mol. The van der Waals surface area contributed by atoms with E-state index in [1.54, 1.807) is 19.1 Å². The molecule has 0 bridgehead atoms. The van der Waals surface area contributed by atoms with Crippen molar-refractivity contribution in [1.82, 2.24) is 5.32 Å². The first-order valence-electron chi connectivity index (χ1n) is 10.0. The van der Waals surface area contributed by atoms with Crippen LogP contribution in [0.15, 0.2) is 52.3 Å². The van der Waals surface area contributed by atoms with Crippen molar-refractivity contribution in [2.45, 2.75) is 53.7 Å². The molecule has 0 radical (unpaired) electrons. The summed E-state index contributed by atoms with van der Waals surface area (Å²) >= 11 is 1.40. The first-order valence-corrected chi connectivity index (χ1v) is 12.6. The van der Waals surface area contributed by atoms with Gasteiger partial charge < -0.3 is 10.6 Å². The number of fused-ring (bicyclic) bond motifs is 2. The van der Waals surface area contributed by atoms with Gasteiger partial charge in [-0.3, -0.25) is 9.59 Å². The molecule has 0 saturated heterocycles. The zero-order valence-corrected chi connectivity index (χ0v) is 18.3. The fraction of sp³-hybridized carbons (Fsp3) is 0.364. The van der Waals surface area contributed by atoms with Gasteiger partial charge in [0, 0.05) is 11.3 Å². The van der Waals surface area contributed by atoms with Gasteiger partial charge in [0.15, 0.2) is 9.84 Å². The fourth-order valence-corrected chi connectivity index (χ4v) is 6.09. The van der Waals surface area contributed by atoms with E-state index in [9.17, 15) is 18.0 Å². The number of anilines is 1. The molecule has 0 fully saturated rings. The second kappa shape index (κ2) is 8.43. The molecule has 0 aromatic heterocycles. The highest BCUT2D eigenvalue weighted by atomic mass is 32.2. The van der Waals surface area contributed by atoms with E-state index in [1.807, 2.05) is 18.2 Å². The number of rotatable bonds is 5. The van der Waals surface area contributed by atoms with Crippen LogP contribution < -0.4 is 10.6 Å². The molecule has 2 aromatic carbocycles. The minimum absolute atomic E-state index is 0.0666. The Balaban J connectivity index is 1.41. The van der Waals surface area contributed by atoms with Crippen molar-refractivity contribution in [3.05, 3.63) is 53.6 Å². The summed E-state index contributed by atoms with van der Waals surface area (Å²) in [7, 11) is -3.64. The normalized spacial score (nSPS) is 20.6. The summed E-state index contributed by atoms with van der Waals surface area (Å²) in [5.41, 5.74) is 2.87. The van der Waals surface area contributed by atoms with Gasteiger partial charge in [-0.05, 0) is 55.5 Å². The quantitative estimate of drug-likeness (QED) is 0.737. The molecule has 1 aliphatic carbocycles. The van der Waals surface area contributed by atoms with Crippen molar-refractivity contribution in [1.29, 1.82) is 0 Å². The van der Waals surface area contributed by atoms with Crippen LogP contribution in [0, 0.1) is 0 Å². The zero-order chi connectivity index (χ0) is 21.3. The van der Waals surface area contributed by atoms with Crippen LogP contribution in [0.25, 0.3) is 0 Å². The average Bonchev–Trinajstić information content (AvgIpc) is 2.73. The van der Waals surface area contributed by atoms with Crippen molar-refractivity contribution < 1.29 is 18.0 Å². The number of amides is 2. The predicted molar refractivity (Wildman–Crippen MR) is 117 cm³/mol. The van der Waals surface area contributed by atoms with Crippen LogP contribution in [0.3, 0.4) is 0 Å². The second-order valence-electron chi connectivity index (χ2n) is 7.69. The molecule has 1 heterocycles. The Hall–Kier alpha value is -2.32. The van der Waals surface area contributed by atoms with Gasteiger partial charge in [0.2, 0.25) is 11.8 Å². The van der Waals surface area contributed by atoms with Crippen molar-refractivity contribution in [3.63, 3.8) is 0 Å². The SMILES string of the molecule is C[C@@H]1Sc2ccc(S(=O)(=O)CCC(=O)N[C@@H]3CCCc4ccccc43)cc2NC1=O. The number of thioether (sulfide) groups is 1. The van der Waals surface area contributed by atoms with Gasteiger partial charge in [-0.25, -0.2) is 8.42 Å². The van der Waals surface area contributed by atoms with E-state index in [0.717, 1.165) is 29.7 Å². The second-order valence-corrected chi connectivity index (χ2v) is 11.2. The summed E-state index contributed by atoms with van der Waals surface area (Å²) in [5, 5.41) is 5.53. The Labute approximate surface area is 180 Å². The average molecular weight is 445 g/mol. The summed E-state index contributed by atoms with van der Waals surface area (Å²) in [5.74, 6) is -0.686. The minimum Gasteiger partial charge on any atom is -0.349 e. The summed E-state index contributed by atoms with van der Waals surface area (Å²) in [4.78, 5) is 25.3. The van der Waals surface area contributed by atoms with Gasteiger partial charge >= 0.3 is 0 Å². The van der Waals surface area contributed by atoms with Crippen LogP contribution in [0.4, 0.5) is 5.69 Å². The van der Waals surface area contributed by atoms with Crippen molar-refractivity contribution >= 4 is 39.1 Å². The van der Waals surface area contributed by atoms with Crippen LogP contribution in [0.2, 0.25) is 0 Å². The number of nitrogens with one attached hydrogen (secondary N) is 2. The lowest BCUT2D eigenvalue weighted by Crippen LogP contribution is -2.32. The molecule has 0 saturated carbocycles. The van der Waals surface area contributed by atoms with Crippen LogP contribution in [-0.4, -0.2) is 31.2 Å². The maximum atomic E-state index is 12.8. The van der Waals surface area contributed by atoms with E-state index >= 15 is 0 Å². The molecule has 6 nitrogen and oxygen atoms in total. The number of carbonyl (C=O) groups is 2. The summed E-state index contributed by atoms with van der Waals surface area (Å²) in [6.45, 7) is 1.80. The molecule has 2 aromatic rings. The fourth-order valence-electron chi connectivity index (χ4n) is 3.90. The number of sulfone groups is 1. The van der Waals surface area contributed by atoms with Crippen LogP contribution in [-0.2, 0) is 25.8 Å². The van der Waals surface area contributed by atoms with Crippen molar-refractivity contribution in [3.8, 4) is 0 Å². The van der Waals surface area contributed by atoms with E-state index in [2.05, 4.69) is 16.7 Å². The number of aryl methyl sites for hydroxylation is 1. The molecule has 8 heteroatoms. The van der Waals surface area contributed by atoms with Gasteiger partial charge in [0.05, 0.1) is 27.6 Å². The van der Waals surface area contributed by atoms with Crippen molar-refractivity contribution in [2.75, 3.05) is 11.1 Å². The topological polar surface area (TPSA) is 92.3 Å². The third-order valence-corrected chi connectivity index (χ3v) is 8.43. The smallest absolute Gasteiger partial charge is 0.237 e. The Morgan fingerprint density at radius 1 is 1.23 bits per heavy atom. The molecule has 1 aliphatic heterocycles. The minimum atomic E-state index is -3.64. The maximum Gasteiger partial charge on any atom is 0.237 e. The summed E-state index contributed by atoms with van der Waals surface area (Å²) < 4.78 is 25.5. The molecule has 2 N–H and O–H groups in total. The Morgan fingerprint density at radius 2 is 2.03 bits per heavy atom. The van der Waals surface area contributed by atoms with Crippen LogP contribution in [0.5, 0.6) is 0 Å². The van der Waals surface area contributed by atoms with Gasteiger partial charge in [0.25, 0.3) is 0 Å². The van der Waals surface area contributed by atoms with Gasteiger partial charge in [-0.1, -0.05) is 24.3 Å². The lowest BCUT2D eigenvalue weighted by atomic mass is 9.88. The highest BCUT2D eigenvalue weighted by molar-refractivity contribution is 8.01. The number of hydrogen-bond acceptors (Lipinski definition) is 5. The van der Waals surface area contributed by atoms with Gasteiger partial charge in [0.1, 0.15) is 0 Å². The van der Waals surface area contributed by atoms with E-state index in [0.29, 0.717) is 5.69 Å². The van der Waals surface area contributed by atoms with Gasteiger partial charge in [-0.2, -0.15) is 0 Å². The Bertz CT molecular complexity index is 1100. The van der Waals surface area contributed by atoms with Crippen LogP contribution in [0.1, 0.15) is 43.4 Å². The Morgan fingerprint density at radius 3 is 2.87 bits per heavy atom. The zero-order valence-electron chi connectivity index (χ0n) is 16.7. The van der Waals surface area contributed by atoms with Crippen LogP contribution >= 0.6 is 11.8 Å². The lowest BCUT2D eigenvalue weighted by molar-refractivity contribution is -0.121. The van der Waals surface area contributed by atoms with E-state index < -0.39 is 9.84 Å². The lowest BCUT2D eigenvalue weighted by Gasteiger charge is -2.26. The highest BCUT2D eigenvalue weighted by Crippen LogP contribution is 2.37. The van der Waals surface area contributed by atoms with Crippen molar-refractivity contribution in [2.24, 2.45) is 0 Å². The highest BCUT2D eigenvalue weighted by Gasteiger charge is 2.26. The molecule has 2 amide bonds. The molecular formula is C22H24N2O4S2. The molecule has 4 rings (SSSR count). The van der Waals surface area contributed by atoms with E-state index in [1.165, 1.54) is 23.4 Å². The third-order valence-electron chi connectivity index (χ3n) is 5.54. The number of carbonyl (C=O) groups excluding carboxylic acids is 2.